The van der Waals surface area contributed by atoms with Crippen LogP contribution in [0.2, 0.25) is 0 Å². The number of para-hydroxylation sites is 1. The Balaban J connectivity index is 2.00. The Kier molecular flexibility index (Phi) is 4.55. The molecule has 4 nitrogen and oxygen atoms in total. The van der Waals surface area contributed by atoms with E-state index in [0.717, 1.165) is 21.9 Å². The molecule has 3 N–H and O–H groups in total. The number of nitrogens with two attached hydrogens (primary N) is 1. The SMILES string of the molecule is CC(c1cccc2ccccc12)S(=O)(=O)Nc1ccccc1CN. The number of nitrogens with one attached hydrogen (secondary N) is 1. The fourth-order valence-corrected chi connectivity index (χ4v) is 4.03. The standard InChI is InChI=1S/C19H20N2O2S/c1-14(17-11-6-9-15-7-2-4-10-18(15)17)24(22,23)21-19-12-5-3-8-16(19)13-20/h2-12,14,21H,13,20H2,1H3. The average Bonchev–Trinajstić information content (AvgIpc) is 2.60. The van der Waals surface area contributed by atoms with E-state index in [1.54, 1.807) is 19.1 Å². The molecule has 0 bridgehead atoms. The van der Waals surface area contributed by atoms with E-state index in [2.05, 4.69) is 4.72 Å². The molecule has 24 heavy (non-hydrogen) atoms. The molecule has 0 saturated carbocycles. The monoisotopic (exact) mass is 340 g/mol. The summed E-state index contributed by atoms with van der Waals surface area (Å²) in [6.45, 7) is 1.98. The van der Waals surface area contributed by atoms with Crippen LogP contribution >= 0.6 is 0 Å². The van der Waals surface area contributed by atoms with Gasteiger partial charge >= 0.3 is 0 Å². The molecule has 1 unspecified atom stereocenters. The quantitative estimate of drug-likeness (QED) is 0.742. The van der Waals surface area contributed by atoms with Crippen molar-refractivity contribution in [1.29, 1.82) is 0 Å². The molecular formula is C19H20N2O2S. The molecule has 0 aliphatic carbocycles. The van der Waals surface area contributed by atoms with Crippen molar-refractivity contribution >= 4 is 26.5 Å². The molecule has 0 radical (unpaired) electrons. The summed E-state index contributed by atoms with van der Waals surface area (Å²) < 4.78 is 28.4. The smallest absolute Gasteiger partial charge is 0.239 e. The normalized spacial score (nSPS) is 12.9. The number of rotatable bonds is 5. The number of anilines is 1. The van der Waals surface area contributed by atoms with Gasteiger partial charge in [-0.15, -0.1) is 0 Å². The van der Waals surface area contributed by atoms with Crippen molar-refractivity contribution in [2.45, 2.75) is 18.7 Å². The summed E-state index contributed by atoms with van der Waals surface area (Å²) in [4.78, 5) is 0. The molecule has 0 fully saturated rings. The molecule has 124 valence electrons. The van der Waals surface area contributed by atoms with Crippen LogP contribution in [0.4, 0.5) is 5.69 Å². The van der Waals surface area contributed by atoms with Gasteiger partial charge in [0.15, 0.2) is 0 Å². The minimum Gasteiger partial charge on any atom is -0.326 e. The summed E-state index contributed by atoms with van der Waals surface area (Å²) >= 11 is 0. The Labute approximate surface area is 142 Å². The van der Waals surface area contributed by atoms with Crippen molar-refractivity contribution in [3.05, 3.63) is 77.9 Å². The van der Waals surface area contributed by atoms with Gasteiger partial charge in [-0.2, -0.15) is 0 Å². The number of hydrogen-bond acceptors (Lipinski definition) is 3. The maximum absolute atomic E-state index is 12.9. The van der Waals surface area contributed by atoms with Gasteiger partial charge in [-0.05, 0) is 34.9 Å². The Hall–Kier alpha value is -2.37. The zero-order chi connectivity index (χ0) is 17.2. The summed E-state index contributed by atoms with van der Waals surface area (Å²) in [5, 5.41) is 1.29. The van der Waals surface area contributed by atoms with Gasteiger partial charge in [0.2, 0.25) is 10.0 Å². The third kappa shape index (κ3) is 3.13. The molecule has 3 rings (SSSR count). The van der Waals surface area contributed by atoms with Crippen molar-refractivity contribution in [3.8, 4) is 0 Å². The summed E-state index contributed by atoms with van der Waals surface area (Å²) in [5.41, 5.74) is 7.78. The first-order valence-electron chi connectivity index (χ1n) is 7.80. The van der Waals surface area contributed by atoms with E-state index in [0.29, 0.717) is 5.69 Å². The molecule has 3 aromatic rings. The highest BCUT2D eigenvalue weighted by Gasteiger charge is 2.24. The molecule has 3 aromatic carbocycles. The number of fused-ring (bicyclic) bond motifs is 1. The van der Waals surface area contributed by atoms with Crippen LogP contribution in [0.1, 0.15) is 23.3 Å². The first kappa shape index (κ1) is 16.5. The average molecular weight is 340 g/mol. The minimum atomic E-state index is -3.60. The lowest BCUT2D eigenvalue weighted by Crippen LogP contribution is -2.20. The first-order valence-corrected chi connectivity index (χ1v) is 9.35. The van der Waals surface area contributed by atoms with Gasteiger partial charge in [-0.3, -0.25) is 4.72 Å². The molecule has 5 heteroatoms. The van der Waals surface area contributed by atoms with Gasteiger partial charge in [-0.25, -0.2) is 8.42 Å². The highest BCUT2D eigenvalue weighted by atomic mass is 32.2. The lowest BCUT2D eigenvalue weighted by molar-refractivity contribution is 0.592. The number of hydrogen-bond donors (Lipinski definition) is 2. The van der Waals surface area contributed by atoms with Gasteiger partial charge in [0, 0.05) is 6.54 Å². The fourth-order valence-electron chi connectivity index (χ4n) is 2.81. The maximum Gasteiger partial charge on any atom is 0.239 e. The van der Waals surface area contributed by atoms with Crippen LogP contribution in [-0.2, 0) is 16.6 Å². The molecule has 0 heterocycles. The molecule has 0 spiro atoms. The maximum atomic E-state index is 12.9. The van der Waals surface area contributed by atoms with Crippen molar-refractivity contribution in [2.24, 2.45) is 5.73 Å². The zero-order valence-electron chi connectivity index (χ0n) is 13.4. The summed E-state index contributed by atoms with van der Waals surface area (Å²) in [6.07, 6.45) is 0. The molecule has 0 aliphatic rings. The van der Waals surface area contributed by atoms with Crippen LogP contribution in [-0.4, -0.2) is 8.42 Å². The van der Waals surface area contributed by atoms with Crippen LogP contribution in [0.15, 0.2) is 66.7 Å². The van der Waals surface area contributed by atoms with E-state index in [-0.39, 0.29) is 6.54 Å². The third-order valence-corrected chi connectivity index (χ3v) is 5.91. The van der Waals surface area contributed by atoms with Gasteiger partial charge in [0.25, 0.3) is 0 Å². The zero-order valence-corrected chi connectivity index (χ0v) is 14.3. The molecular weight excluding hydrogens is 320 g/mol. The summed E-state index contributed by atoms with van der Waals surface area (Å²) in [7, 11) is -3.60. The van der Waals surface area contributed by atoms with Crippen LogP contribution in [0, 0.1) is 0 Å². The van der Waals surface area contributed by atoms with E-state index in [4.69, 9.17) is 5.73 Å². The summed E-state index contributed by atoms with van der Waals surface area (Å²) in [6, 6.07) is 20.7. The Bertz CT molecular complexity index is 963. The van der Waals surface area contributed by atoms with Crippen LogP contribution in [0.5, 0.6) is 0 Å². The second-order valence-corrected chi connectivity index (χ2v) is 7.72. The predicted octanol–water partition coefficient (Wildman–Crippen LogP) is 3.80. The fraction of sp³-hybridized carbons (Fsp3) is 0.158. The van der Waals surface area contributed by atoms with E-state index in [9.17, 15) is 8.42 Å². The van der Waals surface area contributed by atoms with E-state index in [1.807, 2.05) is 54.6 Å². The van der Waals surface area contributed by atoms with Gasteiger partial charge in [-0.1, -0.05) is 60.7 Å². The van der Waals surface area contributed by atoms with Gasteiger partial charge < -0.3 is 5.73 Å². The van der Waals surface area contributed by atoms with Crippen LogP contribution in [0.3, 0.4) is 0 Å². The highest BCUT2D eigenvalue weighted by Crippen LogP contribution is 2.30. The lowest BCUT2D eigenvalue weighted by Gasteiger charge is -2.18. The highest BCUT2D eigenvalue weighted by molar-refractivity contribution is 7.92. The topological polar surface area (TPSA) is 72.2 Å². The molecule has 0 aliphatic heterocycles. The largest absolute Gasteiger partial charge is 0.326 e. The first-order chi connectivity index (χ1) is 11.5. The molecule has 1 atom stereocenters. The Morgan fingerprint density at radius 3 is 2.42 bits per heavy atom. The third-order valence-electron chi connectivity index (χ3n) is 4.22. The van der Waals surface area contributed by atoms with E-state index < -0.39 is 15.3 Å². The molecule has 0 saturated heterocycles. The van der Waals surface area contributed by atoms with Crippen LogP contribution in [0.25, 0.3) is 10.8 Å². The summed E-state index contributed by atoms with van der Waals surface area (Å²) in [5.74, 6) is 0. The second kappa shape index (κ2) is 6.63. The Morgan fingerprint density at radius 1 is 0.958 bits per heavy atom. The number of sulfonamides is 1. The predicted molar refractivity (Wildman–Crippen MR) is 99.2 cm³/mol. The second-order valence-electron chi connectivity index (χ2n) is 5.72. The van der Waals surface area contributed by atoms with Crippen molar-refractivity contribution in [1.82, 2.24) is 0 Å². The van der Waals surface area contributed by atoms with E-state index >= 15 is 0 Å². The van der Waals surface area contributed by atoms with Gasteiger partial charge in [0.1, 0.15) is 5.25 Å². The molecule has 0 amide bonds. The van der Waals surface area contributed by atoms with Crippen LogP contribution < -0.4 is 10.5 Å². The van der Waals surface area contributed by atoms with Crippen molar-refractivity contribution < 1.29 is 8.42 Å². The van der Waals surface area contributed by atoms with E-state index in [1.165, 1.54) is 0 Å². The van der Waals surface area contributed by atoms with Gasteiger partial charge in [0.05, 0.1) is 5.69 Å². The van der Waals surface area contributed by atoms with Crippen molar-refractivity contribution in [3.63, 3.8) is 0 Å². The number of benzene rings is 3. The molecule has 0 aromatic heterocycles. The van der Waals surface area contributed by atoms with Crippen molar-refractivity contribution in [2.75, 3.05) is 4.72 Å². The minimum absolute atomic E-state index is 0.279. The Morgan fingerprint density at radius 2 is 1.62 bits per heavy atom. The lowest BCUT2D eigenvalue weighted by atomic mass is 10.0.